The highest BCUT2D eigenvalue weighted by molar-refractivity contribution is 5.78. The van der Waals surface area contributed by atoms with Crippen LogP contribution in [0.3, 0.4) is 0 Å². The number of hydrogen-bond acceptors (Lipinski definition) is 5. The van der Waals surface area contributed by atoms with Crippen molar-refractivity contribution >= 4 is 5.91 Å². The predicted octanol–water partition coefficient (Wildman–Crippen LogP) is 2.78. The van der Waals surface area contributed by atoms with Crippen LogP contribution in [0.4, 0.5) is 0 Å². The molecule has 1 aromatic carbocycles. The van der Waals surface area contributed by atoms with Gasteiger partial charge in [0.25, 0.3) is 5.91 Å². The molecule has 2 aromatic rings. The zero-order valence-electron chi connectivity index (χ0n) is 14.4. The number of piperidine rings is 1. The molecule has 0 spiro atoms. The summed E-state index contributed by atoms with van der Waals surface area (Å²) in [5.74, 6) is 2.11. The first-order valence-corrected chi connectivity index (χ1v) is 8.30. The van der Waals surface area contributed by atoms with Crippen LogP contribution in [-0.2, 0) is 4.79 Å². The monoisotopic (exact) mass is 329 g/mol. The molecule has 6 heteroatoms. The second-order valence-electron chi connectivity index (χ2n) is 6.47. The molecule has 6 nitrogen and oxygen atoms in total. The summed E-state index contributed by atoms with van der Waals surface area (Å²) in [7, 11) is 0. The Morgan fingerprint density at radius 2 is 2.04 bits per heavy atom. The third-order valence-electron chi connectivity index (χ3n) is 4.22. The number of carbonyl (C=O) groups excluding carboxylic acids is 1. The van der Waals surface area contributed by atoms with Crippen molar-refractivity contribution in [2.24, 2.45) is 0 Å². The molecule has 0 N–H and O–H groups in total. The number of nitrogens with zero attached hydrogens (tertiary/aromatic N) is 3. The predicted molar refractivity (Wildman–Crippen MR) is 89.0 cm³/mol. The van der Waals surface area contributed by atoms with E-state index in [1.807, 2.05) is 30.9 Å². The molecule has 1 unspecified atom stereocenters. The fraction of sp³-hybridized carbons (Fsp3) is 0.500. The van der Waals surface area contributed by atoms with Gasteiger partial charge in [-0.3, -0.25) is 4.79 Å². The Morgan fingerprint density at radius 3 is 2.71 bits per heavy atom. The minimum atomic E-state index is -0.00454. The van der Waals surface area contributed by atoms with Crippen molar-refractivity contribution in [2.45, 2.75) is 39.5 Å². The SMILES string of the molecule is Cc1cc(C)cc(OCC(=O)N2CCCC(c3nc(C)no3)C2)c1. The average Bonchev–Trinajstić information content (AvgIpc) is 2.98. The van der Waals surface area contributed by atoms with E-state index in [4.69, 9.17) is 9.26 Å². The lowest BCUT2D eigenvalue weighted by Crippen LogP contribution is -2.41. The molecule has 1 saturated heterocycles. The highest BCUT2D eigenvalue weighted by Crippen LogP contribution is 2.26. The van der Waals surface area contributed by atoms with Gasteiger partial charge >= 0.3 is 0 Å². The first kappa shape index (κ1) is 16.5. The molecule has 2 heterocycles. The van der Waals surface area contributed by atoms with E-state index >= 15 is 0 Å². The summed E-state index contributed by atoms with van der Waals surface area (Å²) < 4.78 is 10.9. The normalized spacial score (nSPS) is 17.8. The zero-order chi connectivity index (χ0) is 17.1. The van der Waals surface area contributed by atoms with Crippen molar-refractivity contribution in [3.63, 3.8) is 0 Å². The molecule has 128 valence electrons. The number of rotatable bonds is 4. The van der Waals surface area contributed by atoms with E-state index in [9.17, 15) is 4.79 Å². The van der Waals surface area contributed by atoms with E-state index in [-0.39, 0.29) is 18.4 Å². The minimum absolute atomic E-state index is 0.00454. The van der Waals surface area contributed by atoms with Crippen LogP contribution in [0.1, 0.15) is 41.6 Å². The fourth-order valence-electron chi connectivity index (χ4n) is 3.14. The summed E-state index contributed by atoms with van der Waals surface area (Å²) in [6.45, 7) is 7.25. The van der Waals surface area contributed by atoms with E-state index in [0.717, 1.165) is 36.3 Å². The largest absolute Gasteiger partial charge is 0.484 e. The summed E-state index contributed by atoms with van der Waals surface area (Å²) in [5, 5.41) is 3.84. The van der Waals surface area contributed by atoms with Crippen molar-refractivity contribution in [3.8, 4) is 5.75 Å². The van der Waals surface area contributed by atoms with Gasteiger partial charge in [0, 0.05) is 13.1 Å². The van der Waals surface area contributed by atoms with E-state index in [1.165, 1.54) is 0 Å². The summed E-state index contributed by atoms with van der Waals surface area (Å²) >= 11 is 0. The van der Waals surface area contributed by atoms with Gasteiger partial charge in [-0.2, -0.15) is 4.98 Å². The number of likely N-dealkylation sites (tertiary alicyclic amines) is 1. The maximum absolute atomic E-state index is 12.5. The molecule has 1 atom stereocenters. The van der Waals surface area contributed by atoms with Crippen LogP contribution in [0.2, 0.25) is 0 Å². The highest BCUT2D eigenvalue weighted by atomic mass is 16.5. The van der Waals surface area contributed by atoms with Gasteiger partial charge in [-0.05, 0) is 56.9 Å². The topological polar surface area (TPSA) is 68.5 Å². The fourth-order valence-corrected chi connectivity index (χ4v) is 3.14. The van der Waals surface area contributed by atoms with Gasteiger partial charge in [0.2, 0.25) is 5.89 Å². The van der Waals surface area contributed by atoms with Gasteiger partial charge in [0.15, 0.2) is 12.4 Å². The molecule has 24 heavy (non-hydrogen) atoms. The summed E-state index contributed by atoms with van der Waals surface area (Å²) in [6, 6.07) is 5.97. The number of benzene rings is 1. The number of hydrogen-bond donors (Lipinski definition) is 0. The molecule has 3 rings (SSSR count). The van der Waals surface area contributed by atoms with Gasteiger partial charge in [-0.1, -0.05) is 11.2 Å². The number of aryl methyl sites for hydroxylation is 3. The van der Waals surface area contributed by atoms with Crippen molar-refractivity contribution < 1.29 is 14.1 Å². The van der Waals surface area contributed by atoms with E-state index in [1.54, 1.807) is 6.92 Å². The maximum Gasteiger partial charge on any atom is 0.260 e. The van der Waals surface area contributed by atoms with Crippen molar-refractivity contribution in [2.75, 3.05) is 19.7 Å². The second kappa shape index (κ2) is 7.03. The number of ether oxygens (including phenoxy) is 1. The Balaban J connectivity index is 1.58. The van der Waals surface area contributed by atoms with Crippen LogP contribution in [0, 0.1) is 20.8 Å². The first-order valence-electron chi connectivity index (χ1n) is 8.30. The first-order chi connectivity index (χ1) is 11.5. The van der Waals surface area contributed by atoms with Crippen LogP contribution in [0.15, 0.2) is 22.7 Å². The standard InChI is InChI=1S/C18H23N3O3/c1-12-7-13(2)9-16(8-12)23-11-17(22)21-6-4-5-15(10-21)18-19-14(3)20-24-18/h7-9,15H,4-6,10-11H2,1-3H3. The van der Waals surface area contributed by atoms with Gasteiger partial charge in [0.1, 0.15) is 5.75 Å². The van der Waals surface area contributed by atoms with E-state index in [2.05, 4.69) is 16.2 Å². The quantitative estimate of drug-likeness (QED) is 0.863. The molecule has 0 bridgehead atoms. The van der Waals surface area contributed by atoms with Crippen molar-refractivity contribution in [3.05, 3.63) is 41.0 Å². The summed E-state index contributed by atoms with van der Waals surface area (Å²) in [5.41, 5.74) is 2.25. The maximum atomic E-state index is 12.5. The molecule has 0 saturated carbocycles. The summed E-state index contributed by atoms with van der Waals surface area (Å²) in [4.78, 5) is 18.6. The van der Waals surface area contributed by atoms with Crippen LogP contribution in [-0.4, -0.2) is 40.6 Å². The minimum Gasteiger partial charge on any atom is -0.484 e. The van der Waals surface area contributed by atoms with Gasteiger partial charge in [-0.15, -0.1) is 0 Å². The lowest BCUT2D eigenvalue weighted by atomic mass is 9.98. The van der Waals surface area contributed by atoms with Gasteiger partial charge < -0.3 is 14.2 Å². The Labute approximate surface area is 141 Å². The van der Waals surface area contributed by atoms with Crippen LogP contribution in [0.5, 0.6) is 5.75 Å². The van der Waals surface area contributed by atoms with Crippen LogP contribution in [0.25, 0.3) is 0 Å². The molecule has 1 aromatic heterocycles. The van der Waals surface area contributed by atoms with E-state index in [0.29, 0.717) is 18.3 Å². The molecule has 1 amide bonds. The number of carbonyl (C=O) groups is 1. The van der Waals surface area contributed by atoms with Crippen molar-refractivity contribution in [1.29, 1.82) is 0 Å². The van der Waals surface area contributed by atoms with Crippen LogP contribution >= 0.6 is 0 Å². The lowest BCUT2D eigenvalue weighted by Gasteiger charge is -2.31. The van der Waals surface area contributed by atoms with Crippen molar-refractivity contribution in [1.82, 2.24) is 15.0 Å². The third-order valence-corrected chi connectivity index (χ3v) is 4.22. The Morgan fingerprint density at radius 1 is 1.29 bits per heavy atom. The number of aromatic nitrogens is 2. The van der Waals surface area contributed by atoms with Gasteiger partial charge in [-0.25, -0.2) is 0 Å². The van der Waals surface area contributed by atoms with E-state index < -0.39 is 0 Å². The lowest BCUT2D eigenvalue weighted by molar-refractivity contribution is -0.134. The number of amides is 1. The molecular weight excluding hydrogens is 306 g/mol. The Bertz CT molecular complexity index is 706. The molecule has 1 fully saturated rings. The second-order valence-corrected chi connectivity index (χ2v) is 6.47. The molecule has 0 radical (unpaired) electrons. The van der Waals surface area contributed by atoms with Gasteiger partial charge in [0.05, 0.1) is 5.92 Å². The summed E-state index contributed by atoms with van der Waals surface area (Å²) in [6.07, 6.45) is 1.89. The van der Waals surface area contributed by atoms with Crippen LogP contribution < -0.4 is 4.74 Å². The third kappa shape index (κ3) is 3.93. The zero-order valence-corrected chi connectivity index (χ0v) is 14.4. The molecule has 1 aliphatic rings. The Hall–Kier alpha value is -2.37. The highest BCUT2D eigenvalue weighted by Gasteiger charge is 2.28. The molecular formula is C18H23N3O3. The Kier molecular flexibility index (Phi) is 4.83. The smallest absolute Gasteiger partial charge is 0.260 e. The molecule has 0 aliphatic carbocycles. The average molecular weight is 329 g/mol. The molecule has 1 aliphatic heterocycles.